The van der Waals surface area contributed by atoms with Crippen LogP contribution in [0.15, 0.2) is 5.16 Å². The van der Waals surface area contributed by atoms with Crippen molar-refractivity contribution in [2.45, 2.75) is 13.3 Å². The molecule has 0 radical (unpaired) electrons. The lowest BCUT2D eigenvalue weighted by atomic mass is 10.4. The summed E-state index contributed by atoms with van der Waals surface area (Å²) in [5.41, 5.74) is 5.28. The van der Waals surface area contributed by atoms with E-state index in [4.69, 9.17) is 10.9 Å². The smallest absolute Gasteiger partial charge is 0.319 e. The molecule has 0 spiro atoms. The topological polar surface area (TPSA) is 82.2 Å². The van der Waals surface area contributed by atoms with Crippen LogP contribution in [0.1, 0.15) is 13.3 Å². The molecule has 0 aliphatic heterocycles. The lowest BCUT2D eigenvalue weighted by Crippen LogP contribution is -2.39. The molecule has 3 N–H and O–H groups in total. The first kappa shape index (κ1) is 12.5. The molecule has 0 bridgehead atoms. The molecule has 6 heteroatoms. The van der Waals surface area contributed by atoms with Crippen molar-refractivity contribution >= 4 is 11.9 Å². The summed E-state index contributed by atoms with van der Waals surface area (Å²) in [6.07, 6.45) is 0.371. The van der Waals surface area contributed by atoms with E-state index in [-0.39, 0.29) is 11.9 Å². The van der Waals surface area contributed by atoms with Gasteiger partial charge in [-0.2, -0.15) is 0 Å². The minimum absolute atomic E-state index is 0.0711. The molecule has 0 aromatic rings. The number of hydrogen-bond donors (Lipinski definition) is 2. The standard InChI is InChI=1S/C8H18N4O2/c1-4-11(2)8(13)12(3)6-5-7(9)10-14/h14H,4-6H2,1-3H3,(H2,9,10). The summed E-state index contributed by atoms with van der Waals surface area (Å²) in [5, 5.41) is 11.1. The number of rotatable bonds is 4. The number of carbonyl (C=O) groups excluding carboxylic acids is 1. The van der Waals surface area contributed by atoms with Crippen molar-refractivity contribution in [2.75, 3.05) is 27.2 Å². The van der Waals surface area contributed by atoms with Crippen LogP contribution >= 0.6 is 0 Å². The Morgan fingerprint density at radius 1 is 1.43 bits per heavy atom. The van der Waals surface area contributed by atoms with Crippen LogP contribution in [0.2, 0.25) is 0 Å². The molecular weight excluding hydrogens is 184 g/mol. The molecule has 0 aliphatic rings. The molecule has 0 unspecified atom stereocenters. The summed E-state index contributed by atoms with van der Waals surface area (Å²) in [4.78, 5) is 14.6. The van der Waals surface area contributed by atoms with E-state index in [0.29, 0.717) is 19.5 Å². The third-order valence-electron chi connectivity index (χ3n) is 1.96. The molecule has 2 amide bonds. The molecule has 0 heterocycles. The van der Waals surface area contributed by atoms with Gasteiger partial charge in [0.1, 0.15) is 5.84 Å². The van der Waals surface area contributed by atoms with E-state index in [1.807, 2.05) is 6.92 Å². The van der Waals surface area contributed by atoms with Crippen molar-refractivity contribution in [3.05, 3.63) is 0 Å². The minimum Gasteiger partial charge on any atom is -0.409 e. The Labute approximate surface area is 84.0 Å². The Kier molecular flexibility index (Phi) is 5.43. The lowest BCUT2D eigenvalue weighted by molar-refractivity contribution is 0.176. The first-order valence-electron chi connectivity index (χ1n) is 4.45. The van der Waals surface area contributed by atoms with Gasteiger partial charge in [0, 0.05) is 33.6 Å². The first-order valence-corrected chi connectivity index (χ1v) is 4.45. The van der Waals surface area contributed by atoms with Crippen LogP contribution in [0, 0.1) is 0 Å². The molecule has 6 nitrogen and oxygen atoms in total. The fourth-order valence-electron chi connectivity index (χ4n) is 0.855. The highest BCUT2D eigenvalue weighted by molar-refractivity contribution is 5.80. The first-order chi connectivity index (χ1) is 6.52. The zero-order valence-corrected chi connectivity index (χ0v) is 8.90. The summed E-state index contributed by atoms with van der Waals surface area (Å²) in [5.74, 6) is 0.129. The van der Waals surface area contributed by atoms with Crippen LogP contribution in [0.25, 0.3) is 0 Å². The zero-order chi connectivity index (χ0) is 11.1. The number of hydrogen-bond acceptors (Lipinski definition) is 3. The maximum atomic E-state index is 11.5. The van der Waals surface area contributed by atoms with Crippen molar-refractivity contribution in [2.24, 2.45) is 10.9 Å². The summed E-state index contributed by atoms with van der Waals surface area (Å²) >= 11 is 0. The third kappa shape index (κ3) is 3.97. The zero-order valence-electron chi connectivity index (χ0n) is 8.90. The molecule has 0 aliphatic carbocycles. The second-order valence-electron chi connectivity index (χ2n) is 3.06. The Balaban J connectivity index is 3.96. The van der Waals surface area contributed by atoms with Crippen LogP contribution in [0.4, 0.5) is 4.79 Å². The number of amides is 2. The van der Waals surface area contributed by atoms with Crippen LogP contribution in [-0.4, -0.2) is 54.1 Å². The quantitative estimate of drug-likeness (QED) is 0.294. The van der Waals surface area contributed by atoms with Crippen LogP contribution in [-0.2, 0) is 0 Å². The number of amidine groups is 1. The average molecular weight is 202 g/mol. The van der Waals surface area contributed by atoms with Crippen molar-refractivity contribution in [1.82, 2.24) is 9.80 Å². The molecule has 0 fully saturated rings. The minimum atomic E-state index is -0.0711. The fraction of sp³-hybridized carbons (Fsp3) is 0.750. The van der Waals surface area contributed by atoms with Gasteiger partial charge in [-0.05, 0) is 6.92 Å². The highest BCUT2D eigenvalue weighted by Gasteiger charge is 2.12. The van der Waals surface area contributed by atoms with Gasteiger partial charge in [0.25, 0.3) is 0 Å². The van der Waals surface area contributed by atoms with E-state index in [2.05, 4.69) is 5.16 Å². The fourth-order valence-corrected chi connectivity index (χ4v) is 0.855. The summed E-state index contributed by atoms with van der Waals surface area (Å²) in [6.45, 7) is 3.00. The SMILES string of the molecule is CCN(C)C(=O)N(C)CCC(N)=NO. The van der Waals surface area contributed by atoms with Gasteiger partial charge in [0.2, 0.25) is 0 Å². The highest BCUT2D eigenvalue weighted by Crippen LogP contribution is 1.95. The summed E-state index contributed by atoms with van der Waals surface area (Å²) in [7, 11) is 3.40. The van der Waals surface area contributed by atoms with Crippen molar-refractivity contribution in [3.63, 3.8) is 0 Å². The Morgan fingerprint density at radius 3 is 2.43 bits per heavy atom. The predicted molar refractivity (Wildman–Crippen MR) is 54.4 cm³/mol. The Bertz CT molecular complexity index is 217. The predicted octanol–water partition coefficient (Wildman–Crippen LogP) is 0.126. The molecule has 0 atom stereocenters. The second-order valence-corrected chi connectivity index (χ2v) is 3.06. The van der Waals surface area contributed by atoms with Gasteiger partial charge in [0.15, 0.2) is 0 Å². The van der Waals surface area contributed by atoms with Gasteiger partial charge in [-0.15, -0.1) is 0 Å². The van der Waals surface area contributed by atoms with Crippen LogP contribution < -0.4 is 5.73 Å². The number of nitrogens with two attached hydrogens (primary N) is 1. The molecule has 82 valence electrons. The summed E-state index contributed by atoms with van der Waals surface area (Å²) < 4.78 is 0. The Hall–Kier alpha value is -1.46. The highest BCUT2D eigenvalue weighted by atomic mass is 16.4. The normalized spacial score (nSPS) is 11.2. The molecule has 0 saturated heterocycles. The molecule has 0 aromatic carbocycles. The van der Waals surface area contributed by atoms with Gasteiger partial charge < -0.3 is 20.7 Å². The van der Waals surface area contributed by atoms with E-state index < -0.39 is 0 Å². The Morgan fingerprint density at radius 2 is 2.00 bits per heavy atom. The summed E-state index contributed by atoms with van der Waals surface area (Å²) in [6, 6.07) is -0.0711. The molecular formula is C8H18N4O2. The number of carbonyl (C=O) groups is 1. The molecule has 0 rings (SSSR count). The van der Waals surface area contributed by atoms with Crippen molar-refractivity contribution in [3.8, 4) is 0 Å². The number of nitrogens with zero attached hydrogens (tertiary/aromatic N) is 3. The third-order valence-corrected chi connectivity index (χ3v) is 1.96. The molecule has 0 saturated carbocycles. The van der Waals surface area contributed by atoms with Crippen LogP contribution in [0.3, 0.4) is 0 Å². The average Bonchev–Trinajstić information content (AvgIpc) is 2.22. The van der Waals surface area contributed by atoms with E-state index in [0.717, 1.165) is 0 Å². The largest absolute Gasteiger partial charge is 0.409 e. The van der Waals surface area contributed by atoms with E-state index >= 15 is 0 Å². The maximum absolute atomic E-state index is 11.5. The monoisotopic (exact) mass is 202 g/mol. The van der Waals surface area contributed by atoms with Crippen LogP contribution in [0.5, 0.6) is 0 Å². The molecule has 14 heavy (non-hydrogen) atoms. The number of urea groups is 1. The van der Waals surface area contributed by atoms with E-state index in [1.54, 1.807) is 19.0 Å². The van der Waals surface area contributed by atoms with Gasteiger partial charge in [-0.3, -0.25) is 0 Å². The number of oxime groups is 1. The van der Waals surface area contributed by atoms with Gasteiger partial charge in [-0.1, -0.05) is 5.16 Å². The lowest BCUT2D eigenvalue weighted by Gasteiger charge is -2.23. The van der Waals surface area contributed by atoms with E-state index in [9.17, 15) is 4.79 Å². The maximum Gasteiger partial charge on any atom is 0.319 e. The second kappa shape index (κ2) is 6.06. The van der Waals surface area contributed by atoms with Gasteiger partial charge in [-0.25, -0.2) is 4.79 Å². The van der Waals surface area contributed by atoms with Crippen molar-refractivity contribution < 1.29 is 10.0 Å². The van der Waals surface area contributed by atoms with Gasteiger partial charge in [0.05, 0.1) is 0 Å². The molecule has 0 aromatic heterocycles. The van der Waals surface area contributed by atoms with Gasteiger partial charge >= 0.3 is 6.03 Å². The van der Waals surface area contributed by atoms with E-state index in [1.165, 1.54) is 4.90 Å². The van der Waals surface area contributed by atoms with Crippen molar-refractivity contribution in [1.29, 1.82) is 0 Å².